The average Bonchev–Trinajstić information content (AvgIpc) is 2.94. The number of aromatic amines is 1. The minimum absolute atomic E-state index is 0.122. The van der Waals surface area contributed by atoms with E-state index in [0.717, 1.165) is 13.0 Å². The number of nitrogens with two attached hydrogens (primary N) is 1. The van der Waals surface area contributed by atoms with Gasteiger partial charge in [-0.3, -0.25) is 0 Å². The van der Waals surface area contributed by atoms with E-state index in [4.69, 9.17) is 5.73 Å². The van der Waals surface area contributed by atoms with Gasteiger partial charge in [-0.1, -0.05) is 18.2 Å². The van der Waals surface area contributed by atoms with Crippen LogP contribution in [0.25, 0.3) is 10.9 Å². The van der Waals surface area contributed by atoms with Gasteiger partial charge in [0, 0.05) is 28.7 Å². The minimum atomic E-state index is 0.122. The minimum Gasteiger partial charge on any atom is -0.358 e. The Hall–Kier alpha value is -1.32. The molecule has 0 spiro atoms. The molecule has 96 valence electrons. The van der Waals surface area contributed by atoms with E-state index >= 15 is 0 Å². The smallest absolute Gasteiger partial charge is 0.0459 e. The molecule has 1 aromatic heterocycles. The Morgan fingerprint density at radius 1 is 1.39 bits per heavy atom. The standard InChI is InChI=1S/C15H21N3/c1-10-15(12-6-2-3-7-14(12)18-10)13(16)9-11-5-4-8-17-11/h2-3,6-7,11,13,17-18H,4-5,8-9,16H2,1H3. The summed E-state index contributed by atoms with van der Waals surface area (Å²) in [6.07, 6.45) is 3.57. The number of hydrogen-bond donors (Lipinski definition) is 3. The molecule has 3 heteroatoms. The number of rotatable bonds is 3. The number of benzene rings is 1. The van der Waals surface area contributed by atoms with Crippen LogP contribution in [-0.4, -0.2) is 17.6 Å². The van der Waals surface area contributed by atoms with Crippen molar-refractivity contribution in [2.24, 2.45) is 5.73 Å². The van der Waals surface area contributed by atoms with Gasteiger partial charge in [0.05, 0.1) is 0 Å². The number of aryl methyl sites for hydroxylation is 1. The maximum atomic E-state index is 6.43. The maximum Gasteiger partial charge on any atom is 0.0459 e. The zero-order valence-electron chi connectivity index (χ0n) is 10.9. The highest BCUT2D eigenvalue weighted by Gasteiger charge is 2.21. The van der Waals surface area contributed by atoms with Crippen molar-refractivity contribution in [2.45, 2.75) is 38.3 Å². The predicted molar refractivity (Wildman–Crippen MR) is 75.6 cm³/mol. The van der Waals surface area contributed by atoms with Gasteiger partial charge in [0.15, 0.2) is 0 Å². The lowest BCUT2D eigenvalue weighted by Crippen LogP contribution is -2.27. The van der Waals surface area contributed by atoms with Crippen molar-refractivity contribution in [3.05, 3.63) is 35.5 Å². The van der Waals surface area contributed by atoms with Gasteiger partial charge in [-0.05, 0) is 44.4 Å². The van der Waals surface area contributed by atoms with E-state index < -0.39 is 0 Å². The van der Waals surface area contributed by atoms with Crippen LogP contribution in [0, 0.1) is 6.92 Å². The Morgan fingerprint density at radius 3 is 3.00 bits per heavy atom. The van der Waals surface area contributed by atoms with E-state index in [2.05, 4.69) is 41.5 Å². The predicted octanol–water partition coefficient (Wildman–Crippen LogP) is 2.62. The van der Waals surface area contributed by atoms with Gasteiger partial charge < -0.3 is 16.0 Å². The molecule has 3 rings (SSSR count). The second kappa shape index (κ2) is 4.75. The number of nitrogens with one attached hydrogen (secondary N) is 2. The summed E-state index contributed by atoms with van der Waals surface area (Å²) in [5, 5.41) is 4.80. The van der Waals surface area contributed by atoms with Crippen molar-refractivity contribution in [1.82, 2.24) is 10.3 Å². The van der Waals surface area contributed by atoms with Crippen molar-refractivity contribution < 1.29 is 0 Å². The lowest BCUT2D eigenvalue weighted by Gasteiger charge is -2.17. The van der Waals surface area contributed by atoms with E-state index in [1.165, 1.54) is 35.0 Å². The third-order valence-corrected chi connectivity index (χ3v) is 4.02. The van der Waals surface area contributed by atoms with Gasteiger partial charge in [-0.15, -0.1) is 0 Å². The van der Waals surface area contributed by atoms with Crippen LogP contribution < -0.4 is 11.1 Å². The van der Waals surface area contributed by atoms with Crippen molar-refractivity contribution in [3.8, 4) is 0 Å². The van der Waals surface area contributed by atoms with Crippen LogP contribution in [0.1, 0.15) is 36.6 Å². The highest BCUT2D eigenvalue weighted by Crippen LogP contribution is 2.29. The summed E-state index contributed by atoms with van der Waals surface area (Å²) < 4.78 is 0. The first-order chi connectivity index (χ1) is 8.75. The Morgan fingerprint density at radius 2 is 2.22 bits per heavy atom. The molecule has 0 amide bonds. The third kappa shape index (κ3) is 2.04. The average molecular weight is 243 g/mol. The van der Waals surface area contributed by atoms with Crippen molar-refractivity contribution >= 4 is 10.9 Å². The fraction of sp³-hybridized carbons (Fsp3) is 0.467. The van der Waals surface area contributed by atoms with Crippen LogP contribution in [0.5, 0.6) is 0 Å². The second-order valence-corrected chi connectivity index (χ2v) is 5.34. The van der Waals surface area contributed by atoms with Gasteiger partial charge in [0.2, 0.25) is 0 Å². The van der Waals surface area contributed by atoms with Crippen LogP contribution in [0.15, 0.2) is 24.3 Å². The van der Waals surface area contributed by atoms with Crippen LogP contribution in [-0.2, 0) is 0 Å². The molecule has 3 nitrogen and oxygen atoms in total. The molecule has 2 atom stereocenters. The zero-order chi connectivity index (χ0) is 12.5. The summed E-state index contributed by atoms with van der Waals surface area (Å²) in [4.78, 5) is 3.43. The zero-order valence-corrected chi connectivity index (χ0v) is 10.9. The fourth-order valence-electron chi connectivity index (χ4n) is 3.16. The number of para-hydroxylation sites is 1. The SMILES string of the molecule is Cc1[nH]c2ccccc2c1C(N)CC1CCCN1. The van der Waals surface area contributed by atoms with E-state index in [1.807, 2.05) is 0 Å². The van der Waals surface area contributed by atoms with Gasteiger partial charge in [-0.25, -0.2) is 0 Å². The topological polar surface area (TPSA) is 53.8 Å². The highest BCUT2D eigenvalue weighted by molar-refractivity contribution is 5.85. The summed E-state index contributed by atoms with van der Waals surface area (Å²) >= 11 is 0. The second-order valence-electron chi connectivity index (χ2n) is 5.34. The monoisotopic (exact) mass is 243 g/mol. The molecule has 0 saturated carbocycles. The molecule has 2 aromatic rings. The van der Waals surface area contributed by atoms with Crippen LogP contribution >= 0.6 is 0 Å². The van der Waals surface area contributed by atoms with Crippen LogP contribution in [0.4, 0.5) is 0 Å². The fourth-order valence-corrected chi connectivity index (χ4v) is 3.16. The molecule has 1 aliphatic heterocycles. The summed E-state index contributed by atoms with van der Waals surface area (Å²) in [6, 6.07) is 9.14. The molecular weight excluding hydrogens is 222 g/mol. The molecule has 1 aromatic carbocycles. The van der Waals surface area contributed by atoms with E-state index in [9.17, 15) is 0 Å². The first-order valence-electron chi connectivity index (χ1n) is 6.82. The number of H-pyrrole nitrogens is 1. The van der Waals surface area contributed by atoms with Crippen molar-refractivity contribution in [1.29, 1.82) is 0 Å². The molecule has 4 N–H and O–H groups in total. The quantitative estimate of drug-likeness (QED) is 0.776. The maximum absolute atomic E-state index is 6.43. The summed E-state index contributed by atoms with van der Waals surface area (Å²) in [6.45, 7) is 3.27. The Balaban J connectivity index is 1.90. The lowest BCUT2D eigenvalue weighted by molar-refractivity contribution is 0.499. The molecule has 2 heterocycles. The molecule has 1 fully saturated rings. The first kappa shape index (κ1) is 11.8. The first-order valence-corrected chi connectivity index (χ1v) is 6.82. The number of aromatic nitrogens is 1. The van der Waals surface area contributed by atoms with E-state index in [-0.39, 0.29) is 6.04 Å². The van der Waals surface area contributed by atoms with Crippen LogP contribution in [0.3, 0.4) is 0 Å². The Kier molecular flexibility index (Phi) is 3.10. The lowest BCUT2D eigenvalue weighted by atomic mass is 9.97. The molecule has 0 bridgehead atoms. The normalized spacial score (nSPS) is 21.6. The third-order valence-electron chi connectivity index (χ3n) is 4.02. The molecule has 2 unspecified atom stereocenters. The van der Waals surface area contributed by atoms with Gasteiger partial charge >= 0.3 is 0 Å². The highest BCUT2D eigenvalue weighted by atomic mass is 14.9. The van der Waals surface area contributed by atoms with E-state index in [0.29, 0.717) is 6.04 Å². The van der Waals surface area contributed by atoms with Crippen molar-refractivity contribution in [3.63, 3.8) is 0 Å². The molecule has 0 aliphatic carbocycles. The largest absolute Gasteiger partial charge is 0.358 e. The van der Waals surface area contributed by atoms with Gasteiger partial charge in [0.1, 0.15) is 0 Å². The molecule has 18 heavy (non-hydrogen) atoms. The Bertz CT molecular complexity index is 538. The van der Waals surface area contributed by atoms with Crippen LogP contribution in [0.2, 0.25) is 0 Å². The Labute approximate surface area is 108 Å². The van der Waals surface area contributed by atoms with Gasteiger partial charge in [0.25, 0.3) is 0 Å². The summed E-state index contributed by atoms with van der Waals surface area (Å²) in [5.41, 5.74) is 10.1. The van der Waals surface area contributed by atoms with Gasteiger partial charge in [-0.2, -0.15) is 0 Å². The summed E-state index contributed by atoms with van der Waals surface area (Å²) in [5.74, 6) is 0. The number of hydrogen-bond acceptors (Lipinski definition) is 2. The number of fused-ring (bicyclic) bond motifs is 1. The molecule has 0 radical (unpaired) electrons. The van der Waals surface area contributed by atoms with Crippen molar-refractivity contribution in [2.75, 3.05) is 6.54 Å². The summed E-state index contributed by atoms with van der Waals surface area (Å²) in [7, 11) is 0. The molecule has 1 aliphatic rings. The van der Waals surface area contributed by atoms with E-state index in [1.54, 1.807) is 0 Å². The molecular formula is C15H21N3. The molecule has 1 saturated heterocycles.